The number of methoxy groups -OCH3 is 1. The van der Waals surface area contributed by atoms with E-state index in [9.17, 15) is 9.90 Å². The molecule has 26 heavy (non-hydrogen) atoms. The molecule has 0 amide bonds. The van der Waals surface area contributed by atoms with E-state index < -0.39 is 12.0 Å². The molecule has 0 bridgehead atoms. The lowest BCUT2D eigenvalue weighted by molar-refractivity contribution is -0.142. The quantitative estimate of drug-likeness (QED) is 0.719. The van der Waals surface area contributed by atoms with Gasteiger partial charge in [-0.1, -0.05) is 30.3 Å². The molecule has 1 N–H and O–H groups in total. The Morgan fingerprint density at radius 3 is 2.92 bits per heavy atom. The van der Waals surface area contributed by atoms with Crippen molar-refractivity contribution in [1.82, 2.24) is 4.90 Å². The zero-order valence-electron chi connectivity index (χ0n) is 14.6. The van der Waals surface area contributed by atoms with Gasteiger partial charge in [0.2, 0.25) is 0 Å². The highest BCUT2D eigenvalue weighted by Crippen LogP contribution is 2.41. The van der Waals surface area contributed by atoms with E-state index >= 15 is 0 Å². The topological polar surface area (TPSA) is 49.8 Å². The maximum atomic E-state index is 11.8. The first-order valence-electron chi connectivity index (χ1n) is 8.77. The van der Waals surface area contributed by atoms with Crippen LogP contribution >= 0.6 is 11.3 Å². The minimum atomic E-state index is -0.741. The second-order valence-electron chi connectivity index (χ2n) is 6.60. The Hall–Kier alpha value is -2.37. The molecule has 3 aromatic rings. The van der Waals surface area contributed by atoms with Crippen molar-refractivity contribution >= 4 is 27.4 Å². The summed E-state index contributed by atoms with van der Waals surface area (Å²) in [5.74, 6) is 0.0491. The minimum absolute atomic E-state index is 0.0927. The molecule has 4 nitrogen and oxygen atoms in total. The second-order valence-corrected chi connectivity index (χ2v) is 7.51. The number of rotatable bonds is 5. The molecule has 2 heterocycles. The summed E-state index contributed by atoms with van der Waals surface area (Å²) in [4.78, 5) is 14.0. The van der Waals surface area contributed by atoms with E-state index in [1.54, 1.807) is 18.4 Å². The predicted octanol–water partition coefficient (Wildman–Crippen LogP) is 4.55. The van der Waals surface area contributed by atoms with Crippen LogP contribution in [0.25, 0.3) is 10.1 Å². The van der Waals surface area contributed by atoms with Crippen molar-refractivity contribution in [2.24, 2.45) is 0 Å². The molecular weight excluding hydrogens is 346 g/mol. The molecule has 0 spiro atoms. The normalized spacial score (nSPS) is 18.9. The Morgan fingerprint density at radius 2 is 2.12 bits per heavy atom. The van der Waals surface area contributed by atoms with Crippen LogP contribution in [0.2, 0.25) is 0 Å². The monoisotopic (exact) mass is 367 g/mol. The highest BCUT2D eigenvalue weighted by molar-refractivity contribution is 7.17. The number of fused-ring (bicyclic) bond motifs is 1. The van der Waals surface area contributed by atoms with Crippen LogP contribution < -0.4 is 4.74 Å². The van der Waals surface area contributed by atoms with E-state index in [1.807, 2.05) is 30.3 Å². The number of benzene rings is 2. The zero-order chi connectivity index (χ0) is 18.1. The number of aliphatic carboxylic acids is 1. The van der Waals surface area contributed by atoms with Gasteiger partial charge in [0.05, 0.1) is 13.2 Å². The molecule has 134 valence electrons. The van der Waals surface area contributed by atoms with Crippen LogP contribution in [0.1, 0.15) is 30.0 Å². The maximum Gasteiger partial charge on any atom is 0.320 e. The van der Waals surface area contributed by atoms with Crippen molar-refractivity contribution in [2.45, 2.75) is 24.9 Å². The summed E-state index contributed by atoms with van der Waals surface area (Å²) in [7, 11) is 1.66. The predicted molar refractivity (Wildman–Crippen MR) is 104 cm³/mol. The fraction of sp³-hybridized carbons (Fsp3) is 0.286. The molecule has 5 heteroatoms. The van der Waals surface area contributed by atoms with Crippen LogP contribution in [-0.4, -0.2) is 35.7 Å². The first-order chi connectivity index (χ1) is 12.7. The molecule has 0 aliphatic carbocycles. The first-order valence-corrected chi connectivity index (χ1v) is 9.65. The first kappa shape index (κ1) is 17.1. The van der Waals surface area contributed by atoms with Crippen molar-refractivity contribution in [3.63, 3.8) is 0 Å². The van der Waals surface area contributed by atoms with Gasteiger partial charge in [0.15, 0.2) is 0 Å². The van der Waals surface area contributed by atoms with Gasteiger partial charge in [-0.25, -0.2) is 0 Å². The van der Waals surface area contributed by atoms with E-state index in [0.717, 1.165) is 24.3 Å². The van der Waals surface area contributed by atoms with Gasteiger partial charge in [-0.2, -0.15) is 0 Å². The Kier molecular flexibility index (Phi) is 4.66. The summed E-state index contributed by atoms with van der Waals surface area (Å²) in [5, 5.41) is 13.1. The van der Waals surface area contributed by atoms with Crippen molar-refractivity contribution in [1.29, 1.82) is 0 Å². The number of thiophene rings is 1. The van der Waals surface area contributed by atoms with Crippen LogP contribution in [-0.2, 0) is 4.79 Å². The maximum absolute atomic E-state index is 11.8. The van der Waals surface area contributed by atoms with Gasteiger partial charge in [-0.15, -0.1) is 11.3 Å². The van der Waals surface area contributed by atoms with Crippen LogP contribution in [0.3, 0.4) is 0 Å². The third kappa shape index (κ3) is 2.97. The Labute approximate surface area is 156 Å². The van der Waals surface area contributed by atoms with Crippen LogP contribution in [0.15, 0.2) is 53.9 Å². The largest absolute Gasteiger partial charge is 0.497 e. The summed E-state index contributed by atoms with van der Waals surface area (Å²) >= 11 is 1.71. The fourth-order valence-electron chi connectivity index (χ4n) is 3.93. The van der Waals surface area contributed by atoms with Gasteiger partial charge >= 0.3 is 5.97 Å². The Morgan fingerprint density at radius 1 is 1.27 bits per heavy atom. The second kappa shape index (κ2) is 7.09. The summed E-state index contributed by atoms with van der Waals surface area (Å²) in [6, 6.07) is 15.8. The average Bonchev–Trinajstić information content (AvgIpc) is 3.30. The lowest BCUT2D eigenvalue weighted by atomic mass is 9.95. The smallest absolute Gasteiger partial charge is 0.320 e. The van der Waals surface area contributed by atoms with Crippen molar-refractivity contribution in [3.8, 4) is 5.75 Å². The minimum Gasteiger partial charge on any atom is -0.497 e. The number of hydrogen-bond acceptors (Lipinski definition) is 4. The fourth-order valence-corrected chi connectivity index (χ4v) is 4.91. The molecule has 0 radical (unpaired) electrons. The summed E-state index contributed by atoms with van der Waals surface area (Å²) in [6.07, 6.45) is 1.59. The number of carboxylic acid groups (broad SMARTS) is 1. The van der Waals surface area contributed by atoms with Crippen molar-refractivity contribution in [2.75, 3.05) is 13.7 Å². The van der Waals surface area contributed by atoms with Gasteiger partial charge in [-0.05, 0) is 52.9 Å². The molecule has 1 saturated heterocycles. The van der Waals surface area contributed by atoms with E-state index in [0.29, 0.717) is 6.42 Å². The van der Waals surface area contributed by atoms with E-state index in [-0.39, 0.29) is 6.04 Å². The van der Waals surface area contributed by atoms with E-state index in [1.165, 1.54) is 15.6 Å². The molecule has 1 aliphatic heterocycles. The molecule has 1 fully saturated rings. The summed E-state index contributed by atoms with van der Waals surface area (Å²) < 4.78 is 6.64. The van der Waals surface area contributed by atoms with Crippen molar-refractivity contribution in [3.05, 3.63) is 65.0 Å². The molecule has 1 aromatic heterocycles. The standard InChI is InChI=1S/C21H21NO3S/c1-25-15-7-4-6-14(12-15)20(22-11-5-9-18(22)21(23)24)17-13-26-19-10-3-2-8-16(17)19/h2-4,6-8,10,12-13,18,20H,5,9,11H2,1H3,(H,23,24). The molecule has 4 rings (SSSR count). The van der Waals surface area contributed by atoms with Crippen LogP contribution in [0.5, 0.6) is 5.75 Å². The van der Waals surface area contributed by atoms with Gasteiger partial charge in [0, 0.05) is 11.2 Å². The number of carboxylic acids is 1. The SMILES string of the molecule is COc1cccc(C(c2csc3ccccc23)N2CCCC2C(=O)O)c1. The molecule has 1 aliphatic rings. The molecule has 2 unspecified atom stereocenters. The van der Waals surface area contributed by atoms with E-state index in [4.69, 9.17) is 4.74 Å². The number of nitrogens with zero attached hydrogens (tertiary/aromatic N) is 1. The van der Waals surface area contributed by atoms with E-state index in [2.05, 4.69) is 28.5 Å². The number of hydrogen-bond donors (Lipinski definition) is 1. The Balaban J connectivity index is 1.87. The molecular formula is C21H21NO3S. The summed E-state index contributed by atoms with van der Waals surface area (Å²) in [5.41, 5.74) is 2.24. The Bertz CT molecular complexity index is 936. The number of carbonyl (C=O) groups is 1. The lowest BCUT2D eigenvalue weighted by Crippen LogP contribution is -2.39. The van der Waals surface area contributed by atoms with Gasteiger partial charge in [0.25, 0.3) is 0 Å². The van der Waals surface area contributed by atoms with Gasteiger partial charge in [-0.3, -0.25) is 9.69 Å². The third-order valence-corrected chi connectivity index (χ3v) is 6.11. The highest BCUT2D eigenvalue weighted by atomic mass is 32.1. The van der Waals surface area contributed by atoms with Crippen molar-refractivity contribution < 1.29 is 14.6 Å². The van der Waals surface area contributed by atoms with Gasteiger partial charge < -0.3 is 9.84 Å². The lowest BCUT2D eigenvalue weighted by Gasteiger charge is -2.32. The summed E-state index contributed by atoms with van der Waals surface area (Å²) in [6.45, 7) is 0.781. The van der Waals surface area contributed by atoms with Crippen LogP contribution in [0, 0.1) is 0 Å². The molecule has 0 saturated carbocycles. The van der Waals surface area contributed by atoms with Gasteiger partial charge in [0.1, 0.15) is 11.8 Å². The number of likely N-dealkylation sites (tertiary alicyclic amines) is 1. The highest BCUT2D eigenvalue weighted by Gasteiger charge is 2.37. The van der Waals surface area contributed by atoms with Crippen LogP contribution in [0.4, 0.5) is 0 Å². The average molecular weight is 367 g/mol. The molecule has 2 atom stereocenters. The third-order valence-electron chi connectivity index (χ3n) is 5.13. The zero-order valence-corrected chi connectivity index (χ0v) is 15.4. The number of ether oxygens (including phenoxy) is 1. The molecule has 2 aromatic carbocycles.